The van der Waals surface area contributed by atoms with Crippen LogP contribution in [0, 0.1) is 0 Å². The molecular formula is C19H23F3N6O4. The van der Waals surface area contributed by atoms with Crippen LogP contribution in [0.1, 0.15) is 19.4 Å². The van der Waals surface area contributed by atoms with Gasteiger partial charge in [0.1, 0.15) is 18.6 Å². The molecule has 0 bridgehead atoms. The molecule has 3 rings (SSSR count). The lowest BCUT2D eigenvalue weighted by Gasteiger charge is -2.27. The van der Waals surface area contributed by atoms with Crippen LogP contribution in [-0.2, 0) is 27.5 Å². The van der Waals surface area contributed by atoms with Gasteiger partial charge in [-0.25, -0.2) is 4.68 Å². The van der Waals surface area contributed by atoms with Gasteiger partial charge in [-0.15, -0.1) is 18.3 Å². The van der Waals surface area contributed by atoms with E-state index in [1.165, 1.54) is 40.2 Å². The number of carbonyl (C=O) groups excluding carboxylic acids is 2. The van der Waals surface area contributed by atoms with Crippen LogP contribution >= 0.6 is 0 Å². The van der Waals surface area contributed by atoms with Crippen LogP contribution in [0.4, 0.5) is 13.2 Å². The zero-order chi connectivity index (χ0) is 23.3. The maximum absolute atomic E-state index is 12.7. The van der Waals surface area contributed by atoms with E-state index in [9.17, 15) is 22.8 Å². The Morgan fingerprint density at radius 3 is 2.53 bits per heavy atom. The summed E-state index contributed by atoms with van der Waals surface area (Å²) < 4.78 is 48.0. The van der Waals surface area contributed by atoms with Gasteiger partial charge in [-0.05, 0) is 42.0 Å². The van der Waals surface area contributed by atoms with Crippen LogP contribution in [0.25, 0.3) is 0 Å². The summed E-state index contributed by atoms with van der Waals surface area (Å²) in [5.41, 5.74) is 0.623. The largest absolute Gasteiger partial charge is 0.573 e. The summed E-state index contributed by atoms with van der Waals surface area (Å²) >= 11 is 0. The SMILES string of the molecule is CC(C)N1CC(OCc2ccc(OC(F)(F)F)cc2)CN(C(=O)Cn2cnnn2)CC1=O. The smallest absolute Gasteiger partial charge is 0.406 e. The number of rotatable bonds is 7. The van der Waals surface area contributed by atoms with Gasteiger partial charge in [-0.1, -0.05) is 12.1 Å². The number of ether oxygens (including phenoxy) is 2. The highest BCUT2D eigenvalue weighted by Gasteiger charge is 2.33. The quantitative estimate of drug-likeness (QED) is 0.618. The van der Waals surface area contributed by atoms with E-state index >= 15 is 0 Å². The van der Waals surface area contributed by atoms with Gasteiger partial charge >= 0.3 is 6.36 Å². The summed E-state index contributed by atoms with van der Waals surface area (Å²) in [5, 5.41) is 10.6. The molecule has 1 aliphatic heterocycles. The van der Waals surface area contributed by atoms with Crippen molar-refractivity contribution in [1.82, 2.24) is 30.0 Å². The fraction of sp³-hybridized carbons (Fsp3) is 0.526. The molecule has 2 heterocycles. The highest BCUT2D eigenvalue weighted by Crippen LogP contribution is 2.23. The van der Waals surface area contributed by atoms with E-state index in [2.05, 4.69) is 20.3 Å². The number of nitrogens with zero attached hydrogens (tertiary/aromatic N) is 6. The van der Waals surface area contributed by atoms with Crippen molar-refractivity contribution in [2.75, 3.05) is 19.6 Å². The molecule has 1 atom stereocenters. The number of tetrazole rings is 1. The molecule has 13 heteroatoms. The van der Waals surface area contributed by atoms with Gasteiger partial charge in [0, 0.05) is 19.1 Å². The van der Waals surface area contributed by atoms with Gasteiger partial charge in [-0.3, -0.25) is 9.59 Å². The van der Waals surface area contributed by atoms with E-state index in [-0.39, 0.29) is 56.4 Å². The molecule has 10 nitrogen and oxygen atoms in total. The number of benzene rings is 1. The summed E-state index contributed by atoms with van der Waals surface area (Å²) in [6, 6.07) is 5.23. The van der Waals surface area contributed by atoms with Crippen LogP contribution in [-0.4, -0.2) is 80.0 Å². The molecule has 1 aromatic heterocycles. The van der Waals surface area contributed by atoms with Crippen molar-refractivity contribution >= 4 is 11.8 Å². The van der Waals surface area contributed by atoms with E-state index in [0.717, 1.165) is 0 Å². The molecule has 32 heavy (non-hydrogen) atoms. The summed E-state index contributed by atoms with van der Waals surface area (Å²) in [5.74, 6) is -0.866. The number of hydrogen-bond acceptors (Lipinski definition) is 7. The average molecular weight is 456 g/mol. The third-order valence-electron chi connectivity index (χ3n) is 4.78. The lowest BCUT2D eigenvalue weighted by atomic mass is 10.2. The second kappa shape index (κ2) is 9.94. The predicted octanol–water partition coefficient (Wildman–Crippen LogP) is 1.24. The predicted molar refractivity (Wildman–Crippen MR) is 103 cm³/mol. The number of carbonyl (C=O) groups is 2. The standard InChI is InChI=1S/C19H23F3N6O4/c1-13(2)28-8-16(31-11-14-3-5-15(6-4-14)32-19(20,21)22)7-26(9-18(28)30)17(29)10-27-12-23-24-25-27/h3-6,12-13,16H,7-11H2,1-2H3. The Labute approximate surface area is 181 Å². The van der Waals surface area contributed by atoms with Crippen LogP contribution in [0.3, 0.4) is 0 Å². The molecule has 1 aliphatic rings. The first-order valence-electron chi connectivity index (χ1n) is 9.85. The summed E-state index contributed by atoms with van der Waals surface area (Å²) in [6.07, 6.45) is -3.95. The van der Waals surface area contributed by atoms with Gasteiger partial charge in [0.15, 0.2) is 0 Å². The zero-order valence-corrected chi connectivity index (χ0v) is 17.5. The highest BCUT2D eigenvalue weighted by molar-refractivity contribution is 5.85. The molecule has 0 spiro atoms. The monoisotopic (exact) mass is 456 g/mol. The van der Waals surface area contributed by atoms with Crippen molar-refractivity contribution in [3.63, 3.8) is 0 Å². The molecule has 174 valence electrons. The second-order valence-corrected chi connectivity index (χ2v) is 7.55. The first-order chi connectivity index (χ1) is 15.1. The van der Waals surface area contributed by atoms with Crippen molar-refractivity contribution in [3.8, 4) is 5.75 Å². The van der Waals surface area contributed by atoms with Crippen molar-refractivity contribution in [1.29, 1.82) is 0 Å². The third-order valence-corrected chi connectivity index (χ3v) is 4.78. The molecule has 1 aromatic carbocycles. The van der Waals surface area contributed by atoms with Crippen LogP contribution < -0.4 is 4.74 Å². The lowest BCUT2D eigenvalue weighted by Crippen LogP contribution is -2.43. The maximum Gasteiger partial charge on any atom is 0.573 e. The van der Waals surface area contributed by atoms with Gasteiger partial charge in [0.05, 0.1) is 19.3 Å². The minimum atomic E-state index is -4.76. The zero-order valence-electron chi connectivity index (χ0n) is 17.5. The van der Waals surface area contributed by atoms with Crippen molar-refractivity contribution in [2.45, 2.75) is 45.5 Å². The highest BCUT2D eigenvalue weighted by atomic mass is 19.4. The molecule has 1 unspecified atom stereocenters. The number of amides is 2. The van der Waals surface area contributed by atoms with Crippen LogP contribution in [0.15, 0.2) is 30.6 Å². The third kappa shape index (κ3) is 6.64. The van der Waals surface area contributed by atoms with Gasteiger partial charge < -0.3 is 19.3 Å². The second-order valence-electron chi connectivity index (χ2n) is 7.55. The van der Waals surface area contributed by atoms with E-state index < -0.39 is 12.5 Å². The van der Waals surface area contributed by atoms with E-state index in [4.69, 9.17) is 4.74 Å². The molecule has 1 saturated heterocycles. The lowest BCUT2D eigenvalue weighted by molar-refractivity contribution is -0.274. The topological polar surface area (TPSA) is 103 Å². The maximum atomic E-state index is 12.7. The number of hydrogen-bond donors (Lipinski definition) is 0. The summed E-state index contributed by atoms with van der Waals surface area (Å²) in [6.45, 7) is 4.06. The molecule has 1 fully saturated rings. The first kappa shape index (κ1) is 23.4. The van der Waals surface area contributed by atoms with Gasteiger partial charge in [-0.2, -0.15) is 0 Å². The Morgan fingerprint density at radius 1 is 1.22 bits per heavy atom. The van der Waals surface area contributed by atoms with E-state index in [1.807, 2.05) is 13.8 Å². The molecular weight excluding hydrogens is 433 g/mol. The minimum Gasteiger partial charge on any atom is -0.406 e. The van der Waals surface area contributed by atoms with E-state index in [0.29, 0.717) is 5.56 Å². The first-order valence-corrected chi connectivity index (χ1v) is 9.85. The Kier molecular flexibility index (Phi) is 7.28. The molecule has 0 N–H and O–H groups in total. The number of aromatic nitrogens is 4. The number of halogens is 3. The Balaban J connectivity index is 1.66. The van der Waals surface area contributed by atoms with Gasteiger partial charge in [0.25, 0.3) is 0 Å². The normalized spacial score (nSPS) is 17.6. The molecule has 0 radical (unpaired) electrons. The van der Waals surface area contributed by atoms with E-state index in [1.54, 1.807) is 4.90 Å². The van der Waals surface area contributed by atoms with Crippen molar-refractivity contribution in [3.05, 3.63) is 36.2 Å². The summed E-state index contributed by atoms with van der Waals surface area (Å²) in [4.78, 5) is 28.4. The van der Waals surface area contributed by atoms with Crippen molar-refractivity contribution in [2.24, 2.45) is 0 Å². The fourth-order valence-corrected chi connectivity index (χ4v) is 3.23. The number of alkyl halides is 3. The minimum absolute atomic E-state index is 0.0894. The Hall–Kier alpha value is -3.22. The molecule has 0 aliphatic carbocycles. The molecule has 0 saturated carbocycles. The van der Waals surface area contributed by atoms with Crippen molar-refractivity contribution < 1.29 is 32.2 Å². The Bertz CT molecular complexity index is 905. The van der Waals surface area contributed by atoms with Crippen LogP contribution in [0.5, 0.6) is 5.75 Å². The average Bonchev–Trinajstić information content (AvgIpc) is 3.15. The van der Waals surface area contributed by atoms with Crippen LogP contribution in [0.2, 0.25) is 0 Å². The summed E-state index contributed by atoms with van der Waals surface area (Å²) in [7, 11) is 0. The molecule has 2 amide bonds. The van der Waals surface area contributed by atoms with Gasteiger partial charge in [0.2, 0.25) is 11.8 Å². The molecule has 2 aromatic rings. The Morgan fingerprint density at radius 2 is 1.94 bits per heavy atom. The fourth-order valence-electron chi connectivity index (χ4n) is 3.23.